The van der Waals surface area contributed by atoms with Crippen molar-refractivity contribution in [3.63, 3.8) is 0 Å². The molecule has 3 rings (SSSR count). The van der Waals surface area contributed by atoms with E-state index in [1.807, 2.05) is 13.8 Å². The van der Waals surface area contributed by atoms with Gasteiger partial charge in [-0.3, -0.25) is 9.48 Å². The fraction of sp³-hybridized carbons (Fsp3) is 0.333. The van der Waals surface area contributed by atoms with E-state index in [1.54, 1.807) is 22.9 Å². The molecular formula is C18H20N2O4S. The summed E-state index contributed by atoms with van der Waals surface area (Å²) in [5, 5.41) is 13.8. The van der Waals surface area contributed by atoms with Gasteiger partial charge in [-0.25, -0.2) is 8.42 Å². The van der Waals surface area contributed by atoms with Gasteiger partial charge in [-0.1, -0.05) is 0 Å². The molecule has 2 heterocycles. The van der Waals surface area contributed by atoms with E-state index in [2.05, 4.69) is 5.10 Å². The van der Waals surface area contributed by atoms with Gasteiger partial charge in [0, 0.05) is 16.8 Å². The summed E-state index contributed by atoms with van der Waals surface area (Å²) >= 11 is 0. The van der Waals surface area contributed by atoms with Crippen LogP contribution in [-0.2, 0) is 9.84 Å². The maximum atomic E-state index is 12.2. The molecule has 7 heteroatoms. The highest BCUT2D eigenvalue weighted by Crippen LogP contribution is 2.27. The van der Waals surface area contributed by atoms with E-state index in [-0.39, 0.29) is 29.1 Å². The van der Waals surface area contributed by atoms with Gasteiger partial charge in [-0.2, -0.15) is 5.10 Å². The number of benzene rings is 1. The first kappa shape index (κ1) is 17.4. The highest BCUT2D eigenvalue weighted by Gasteiger charge is 2.31. The van der Waals surface area contributed by atoms with Gasteiger partial charge in [-0.05, 0) is 56.7 Å². The summed E-state index contributed by atoms with van der Waals surface area (Å²) in [5.74, 6) is 0.250. The number of hydrogen-bond acceptors (Lipinski definition) is 5. The number of rotatable bonds is 4. The van der Waals surface area contributed by atoms with Crippen LogP contribution in [0.3, 0.4) is 0 Å². The Kier molecular flexibility index (Phi) is 4.51. The van der Waals surface area contributed by atoms with Crippen molar-refractivity contribution in [2.45, 2.75) is 26.3 Å². The Balaban J connectivity index is 1.83. The highest BCUT2D eigenvalue weighted by atomic mass is 32.2. The van der Waals surface area contributed by atoms with E-state index in [1.165, 1.54) is 18.2 Å². The van der Waals surface area contributed by atoms with Gasteiger partial charge in [0.15, 0.2) is 15.6 Å². The molecule has 1 atom stereocenters. The molecule has 0 radical (unpaired) electrons. The fourth-order valence-electron chi connectivity index (χ4n) is 3.12. The first-order chi connectivity index (χ1) is 11.8. The van der Waals surface area contributed by atoms with Crippen molar-refractivity contribution < 1.29 is 18.3 Å². The lowest BCUT2D eigenvalue weighted by molar-refractivity contribution is 0.104. The summed E-state index contributed by atoms with van der Waals surface area (Å²) in [6.45, 7) is 3.73. The second kappa shape index (κ2) is 6.48. The van der Waals surface area contributed by atoms with Gasteiger partial charge < -0.3 is 5.11 Å². The zero-order valence-electron chi connectivity index (χ0n) is 14.1. The molecular weight excluding hydrogens is 340 g/mol. The molecule has 0 bridgehead atoms. The van der Waals surface area contributed by atoms with Crippen LogP contribution < -0.4 is 0 Å². The van der Waals surface area contributed by atoms with E-state index in [4.69, 9.17) is 0 Å². The number of aromatic nitrogens is 2. The smallest absolute Gasteiger partial charge is 0.185 e. The van der Waals surface area contributed by atoms with Crippen LogP contribution in [0.25, 0.3) is 6.08 Å². The van der Waals surface area contributed by atoms with Crippen molar-refractivity contribution in [1.82, 2.24) is 9.78 Å². The van der Waals surface area contributed by atoms with Gasteiger partial charge in [0.2, 0.25) is 0 Å². The van der Waals surface area contributed by atoms with E-state index in [9.17, 15) is 18.3 Å². The quantitative estimate of drug-likeness (QED) is 0.668. The maximum Gasteiger partial charge on any atom is 0.185 e. The molecule has 1 aromatic heterocycles. The summed E-state index contributed by atoms with van der Waals surface area (Å²) in [7, 11) is -2.98. The van der Waals surface area contributed by atoms with Crippen LogP contribution in [0.15, 0.2) is 30.3 Å². The Bertz CT molecular complexity index is 940. The molecule has 0 saturated carbocycles. The van der Waals surface area contributed by atoms with Crippen molar-refractivity contribution >= 4 is 21.7 Å². The number of carbonyl (C=O) groups excluding carboxylic acids is 1. The van der Waals surface area contributed by atoms with Crippen molar-refractivity contribution in [3.8, 4) is 5.75 Å². The highest BCUT2D eigenvalue weighted by molar-refractivity contribution is 7.91. The Labute approximate surface area is 146 Å². The topological polar surface area (TPSA) is 89.3 Å². The minimum absolute atomic E-state index is 0.111. The lowest BCUT2D eigenvalue weighted by Gasteiger charge is -2.10. The molecule has 0 aliphatic carbocycles. The number of phenols is 1. The van der Waals surface area contributed by atoms with Crippen molar-refractivity contribution in [2.24, 2.45) is 0 Å². The van der Waals surface area contributed by atoms with E-state index >= 15 is 0 Å². The molecule has 1 aliphatic heterocycles. The molecule has 0 unspecified atom stereocenters. The summed E-state index contributed by atoms with van der Waals surface area (Å²) < 4.78 is 25.2. The molecule has 132 valence electrons. The second-order valence-electron chi connectivity index (χ2n) is 6.33. The van der Waals surface area contributed by atoms with Gasteiger partial charge in [0.05, 0.1) is 23.2 Å². The van der Waals surface area contributed by atoms with Crippen LogP contribution in [0.5, 0.6) is 5.75 Å². The number of nitrogens with zero attached hydrogens (tertiary/aromatic N) is 2. The number of sulfone groups is 1. The lowest BCUT2D eigenvalue weighted by Crippen LogP contribution is -2.13. The number of allylic oxidation sites excluding steroid dienone is 1. The second-order valence-corrected chi connectivity index (χ2v) is 8.56. The number of aromatic hydroxyl groups is 1. The van der Waals surface area contributed by atoms with Crippen LogP contribution in [0.4, 0.5) is 0 Å². The zero-order chi connectivity index (χ0) is 18.2. The third-order valence-electron chi connectivity index (χ3n) is 4.49. The number of carbonyl (C=O) groups is 1. The number of ketones is 1. The fourth-order valence-corrected chi connectivity index (χ4v) is 4.81. The third-order valence-corrected chi connectivity index (χ3v) is 6.24. The molecule has 0 amide bonds. The van der Waals surface area contributed by atoms with Gasteiger partial charge in [0.25, 0.3) is 0 Å². The van der Waals surface area contributed by atoms with Crippen molar-refractivity contribution in [3.05, 3.63) is 52.9 Å². The first-order valence-electron chi connectivity index (χ1n) is 8.04. The summed E-state index contributed by atoms with van der Waals surface area (Å²) in [6.07, 6.45) is 3.76. The van der Waals surface area contributed by atoms with Crippen LogP contribution in [0.1, 0.15) is 39.8 Å². The molecule has 6 nitrogen and oxygen atoms in total. The maximum absolute atomic E-state index is 12.2. The van der Waals surface area contributed by atoms with Crippen LogP contribution in [-0.4, -0.2) is 40.6 Å². The van der Waals surface area contributed by atoms with Gasteiger partial charge in [-0.15, -0.1) is 0 Å². The zero-order valence-corrected chi connectivity index (χ0v) is 15.0. The van der Waals surface area contributed by atoms with Crippen molar-refractivity contribution in [2.75, 3.05) is 11.5 Å². The third kappa shape index (κ3) is 3.66. The Hall–Kier alpha value is -2.41. The molecule has 2 aromatic rings. The molecule has 1 saturated heterocycles. The van der Waals surface area contributed by atoms with E-state index in [0.29, 0.717) is 12.0 Å². The molecule has 1 aromatic carbocycles. The number of hydrogen-bond donors (Lipinski definition) is 1. The van der Waals surface area contributed by atoms with Gasteiger partial charge in [0.1, 0.15) is 5.75 Å². The predicted molar refractivity (Wildman–Crippen MR) is 95.5 cm³/mol. The largest absolute Gasteiger partial charge is 0.508 e. The average Bonchev–Trinajstić information content (AvgIpc) is 3.05. The average molecular weight is 360 g/mol. The van der Waals surface area contributed by atoms with E-state index in [0.717, 1.165) is 17.0 Å². The summed E-state index contributed by atoms with van der Waals surface area (Å²) in [5.41, 5.74) is 2.93. The normalized spacial score (nSPS) is 19.5. The van der Waals surface area contributed by atoms with Crippen LogP contribution in [0, 0.1) is 13.8 Å². The molecule has 0 spiro atoms. The van der Waals surface area contributed by atoms with E-state index < -0.39 is 9.84 Å². The first-order valence-corrected chi connectivity index (χ1v) is 9.86. The van der Waals surface area contributed by atoms with Gasteiger partial charge >= 0.3 is 0 Å². The minimum Gasteiger partial charge on any atom is -0.508 e. The Morgan fingerprint density at radius 2 is 1.96 bits per heavy atom. The SMILES string of the molecule is Cc1nn([C@@H]2CCS(=O)(=O)C2)c(C)c1/C=C/C(=O)c1ccc(O)cc1. The van der Waals surface area contributed by atoms with Crippen molar-refractivity contribution in [1.29, 1.82) is 0 Å². The molecule has 1 fully saturated rings. The monoisotopic (exact) mass is 360 g/mol. The molecule has 1 aliphatic rings. The predicted octanol–water partition coefficient (Wildman–Crippen LogP) is 2.46. The van der Waals surface area contributed by atoms with Crippen LogP contribution >= 0.6 is 0 Å². The molecule has 25 heavy (non-hydrogen) atoms. The molecule has 1 N–H and O–H groups in total. The number of phenolic OH excluding ortho intramolecular Hbond substituents is 1. The Morgan fingerprint density at radius 1 is 1.28 bits per heavy atom. The summed E-state index contributed by atoms with van der Waals surface area (Å²) in [6, 6.07) is 5.92. The standard InChI is InChI=1S/C18H20N2O4S/c1-12-17(7-8-18(22)14-3-5-16(21)6-4-14)13(2)20(19-12)15-9-10-25(23,24)11-15/h3-8,15,21H,9-11H2,1-2H3/b8-7+/t15-/m1/s1. The number of aryl methyl sites for hydroxylation is 1. The summed E-state index contributed by atoms with van der Waals surface area (Å²) in [4.78, 5) is 12.2. The minimum atomic E-state index is -2.98. The lowest BCUT2D eigenvalue weighted by atomic mass is 10.1. The van der Waals surface area contributed by atoms with Crippen LogP contribution in [0.2, 0.25) is 0 Å². The Morgan fingerprint density at radius 3 is 2.56 bits per heavy atom.